The molecule has 7 heteroatoms. The van der Waals surface area contributed by atoms with Gasteiger partial charge in [0.1, 0.15) is 17.3 Å². The van der Waals surface area contributed by atoms with Crippen molar-refractivity contribution in [3.8, 4) is 11.5 Å². The molecule has 2 aromatic carbocycles. The molecule has 1 atom stereocenters. The summed E-state index contributed by atoms with van der Waals surface area (Å²) in [5.41, 5.74) is 1.30. The normalized spacial score (nSPS) is 17.6. The van der Waals surface area contributed by atoms with Gasteiger partial charge < -0.3 is 24.4 Å². The number of carbonyl (C=O) groups is 2. The van der Waals surface area contributed by atoms with Gasteiger partial charge in [0.15, 0.2) is 0 Å². The molecule has 0 bridgehead atoms. The number of ether oxygens (including phenoxy) is 2. The van der Waals surface area contributed by atoms with Crippen molar-refractivity contribution in [3.63, 3.8) is 0 Å². The number of nitrogens with zero attached hydrogens (tertiary/aromatic N) is 2. The second-order valence-corrected chi connectivity index (χ2v) is 8.30. The van der Waals surface area contributed by atoms with E-state index in [1.165, 1.54) is 0 Å². The third-order valence-electron chi connectivity index (χ3n) is 5.58. The first-order chi connectivity index (χ1) is 15.9. The van der Waals surface area contributed by atoms with Crippen molar-refractivity contribution in [2.24, 2.45) is 0 Å². The van der Waals surface area contributed by atoms with Gasteiger partial charge >= 0.3 is 0 Å². The van der Waals surface area contributed by atoms with Crippen LogP contribution in [0.25, 0.3) is 5.76 Å². The van der Waals surface area contributed by atoms with Gasteiger partial charge in [-0.15, -0.1) is 0 Å². The molecular weight excluding hydrogens is 420 g/mol. The van der Waals surface area contributed by atoms with Gasteiger partial charge in [-0.3, -0.25) is 9.59 Å². The summed E-state index contributed by atoms with van der Waals surface area (Å²) in [4.78, 5) is 29.6. The van der Waals surface area contributed by atoms with Crippen LogP contribution in [0.15, 0.2) is 54.1 Å². The third-order valence-corrected chi connectivity index (χ3v) is 5.58. The topological polar surface area (TPSA) is 79.3 Å². The second-order valence-electron chi connectivity index (χ2n) is 8.30. The summed E-state index contributed by atoms with van der Waals surface area (Å²) in [6.07, 6.45) is 1.59. The van der Waals surface area contributed by atoms with Gasteiger partial charge in [0, 0.05) is 12.1 Å². The zero-order valence-corrected chi connectivity index (χ0v) is 19.7. The number of carbonyl (C=O) groups excluding carboxylic acids is 2. The van der Waals surface area contributed by atoms with Gasteiger partial charge in [0.25, 0.3) is 11.7 Å². The van der Waals surface area contributed by atoms with E-state index in [-0.39, 0.29) is 11.3 Å². The molecule has 0 radical (unpaired) electrons. The maximum absolute atomic E-state index is 13.1. The Morgan fingerprint density at radius 1 is 1.03 bits per heavy atom. The maximum atomic E-state index is 13.1. The number of ketones is 1. The predicted octanol–water partition coefficient (Wildman–Crippen LogP) is 3.86. The zero-order chi connectivity index (χ0) is 24.0. The van der Waals surface area contributed by atoms with Crippen LogP contribution in [0, 0.1) is 0 Å². The Hall–Kier alpha value is -3.32. The largest absolute Gasteiger partial charge is 0.507 e. The lowest BCUT2D eigenvalue weighted by atomic mass is 9.95. The molecule has 1 N–H and O–H groups in total. The molecular formula is C26H32N2O5. The Kier molecular flexibility index (Phi) is 8.11. The number of likely N-dealkylation sites (tertiary alicyclic amines) is 1. The molecule has 1 aliphatic heterocycles. The standard InChI is InChI=1S/C26H32N2O5/c1-5-17-33-21-13-9-19(10-14-21)24(29)22-23(18-7-11-20(32-4)12-8-18)28(26(31)25(22)30)16-6-15-27(2)3/h7-14,23,29H,5-6,15-17H2,1-4H3/t23-/m0/s1. The molecule has 1 heterocycles. The van der Waals surface area contributed by atoms with E-state index in [1.54, 1.807) is 48.4 Å². The van der Waals surface area contributed by atoms with E-state index in [1.807, 2.05) is 38.1 Å². The highest BCUT2D eigenvalue weighted by Gasteiger charge is 2.45. The minimum absolute atomic E-state index is 0.0947. The van der Waals surface area contributed by atoms with Crippen LogP contribution in [-0.4, -0.2) is 67.5 Å². The van der Waals surface area contributed by atoms with Crippen molar-refractivity contribution < 1.29 is 24.2 Å². The lowest BCUT2D eigenvalue weighted by Crippen LogP contribution is -2.32. The fraction of sp³-hybridized carbons (Fsp3) is 0.385. The molecule has 176 valence electrons. The minimum atomic E-state index is -0.676. The lowest BCUT2D eigenvalue weighted by molar-refractivity contribution is -0.139. The van der Waals surface area contributed by atoms with Crippen LogP contribution in [0.4, 0.5) is 0 Å². The molecule has 0 unspecified atom stereocenters. The molecule has 1 aliphatic rings. The van der Waals surface area contributed by atoms with Crippen LogP contribution < -0.4 is 9.47 Å². The Bertz CT molecular complexity index is 996. The minimum Gasteiger partial charge on any atom is -0.507 e. The van der Waals surface area contributed by atoms with Crippen molar-refractivity contribution >= 4 is 17.4 Å². The van der Waals surface area contributed by atoms with Gasteiger partial charge in [-0.05, 0) is 75.4 Å². The highest BCUT2D eigenvalue weighted by atomic mass is 16.5. The van der Waals surface area contributed by atoms with Crippen LogP contribution >= 0.6 is 0 Å². The quantitative estimate of drug-likeness (QED) is 0.335. The molecule has 2 aromatic rings. The average Bonchev–Trinajstić information content (AvgIpc) is 3.07. The fourth-order valence-electron chi connectivity index (χ4n) is 3.89. The van der Waals surface area contributed by atoms with E-state index in [2.05, 4.69) is 0 Å². The van der Waals surface area contributed by atoms with E-state index >= 15 is 0 Å². The van der Waals surface area contributed by atoms with Crippen molar-refractivity contribution in [2.75, 3.05) is 40.9 Å². The molecule has 1 saturated heterocycles. The summed E-state index contributed by atoms with van der Waals surface area (Å²) in [5, 5.41) is 11.1. The summed E-state index contributed by atoms with van der Waals surface area (Å²) in [6.45, 7) is 3.80. The number of Topliss-reactive ketones (excluding diaryl/α,β-unsaturated/α-hetero) is 1. The maximum Gasteiger partial charge on any atom is 0.295 e. The first-order valence-corrected chi connectivity index (χ1v) is 11.2. The number of aliphatic hydroxyl groups is 1. The highest BCUT2D eigenvalue weighted by molar-refractivity contribution is 6.46. The summed E-state index contributed by atoms with van der Waals surface area (Å²) < 4.78 is 10.9. The smallest absolute Gasteiger partial charge is 0.295 e. The molecule has 0 saturated carbocycles. The Balaban J connectivity index is 2.01. The Morgan fingerprint density at radius 3 is 2.24 bits per heavy atom. The number of hydrogen-bond acceptors (Lipinski definition) is 6. The summed E-state index contributed by atoms with van der Waals surface area (Å²) >= 11 is 0. The second kappa shape index (κ2) is 11.0. The fourth-order valence-corrected chi connectivity index (χ4v) is 3.89. The van der Waals surface area contributed by atoms with Crippen LogP contribution in [-0.2, 0) is 9.59 Å². The molecule has 33 heavy (non-hydrogen) atoms. The molecule has 0 aromatic heterocycles. The molecule has 0 spiro atoms. The Labute approximate surface area is 195 Å². The number of hydrogen-bond donors (Lipinski definition) is 1. The van der Waals surface area contributed by atoms with Gasteiger partial charge in [-0.25, -0.2) is 0 Å². The lowest BCUT2D eigenvalue weighted by Gasteiger charge is -2.26. The van der Waals surface area contributed by atoms with Crippen molar-refractivity contribution in [3.05, 3.63) is 65.2 Å². The monoisotopic (exact) mass is 452 g/mol. The molecule has 0 aliphatic carbocycles. The van der Waals surface area contributed by atoms with Crippen LogP contribution in [0.2, 0.25) is 0 Å². The number of amides is 1. The van der Waals surface area contributed by atoms with Crippen molar-refractivity contribution in [1.29, 1.82) is 0 Å². The van der Waals surface area contributed by atoms with Crippen LogP contribution in [0.3, 0.4) is 0 Å². The van der Waals surface area contributed by atoms with Gasteiger partial charge in [0.2, 0.25) is 0 Å². The highest BCUT2D eigenvalue weighted by Crippen LogP contribution is 2.40. The first kappa shape index (κ1) is 24.3. The number of aliphatic hydroxyl groups excluding tert-OH is 1. The van der Waals surface area contributed by atoms with Gasteiger partial charge in [-0.2, -0.15) is 0 Å². The summed E-state index contributed by atoms with van der Waals surface area (Å²) in [5.74, 6) is -0.106. The first-order valence-electron chi connectivity index (χ1n) is 11.2. The Morgan fingerprint density at radius 2 is 1.67 bits per heavy atom. The average molecular weight is 453 g/mol. The number of methoxy groups -OCH3 is 1. The number of benzene rings is 2. The van der Waals surface area contributed by atoms with E-state index in [4.69, 9.17) is 9.47 Å². The van der Waals surface area contributed by atoms with Crippen molar-refractivity contribution in [1.82, 2.24) is 9.80 Å². The van der Waals surface area contributed by atoms with E-state index in [0.29, 0.717) is 36.6 Å². The SMILES string of the molecule is CCCOc1ccc(C(O)=C2C(=O)C(=O)N(CCCN(C)C)[C@H]2c2ccc(OC)cc2)cc1. The van der Waals surface area contributed by atoms with Crippen LogP contribution in [0.1, 0.15) is 36.9 Å². The van der Waals surface area contributed by atoms with E-state index < -0.39 is 17.7 Å². The van der Waals surface area contributed by atoms with Crippen LogP contribution in [0.5, 0.6) is 11.5 Å². The third kappa shape index (κ3) is 5.54. The van der Waals surface area contributed by atoms with Gasteiger partial charge in [0.05, 0.1) is 25.3 Å². The van der Waals surface area contributed by atoms with Crippen molar-refractivity contribution in [2.45, 2.75) is 25.8 Å². The predicted molar refractivity (Wildman–Crippen MR) is 127 cm³/mol. The molecule has 1 amide bonds. The molecule has 7 nitrogen and oxygen atoms in total. The molecule has 1 fully saturated rings. The van der Waals surface area contributed by atoms with E-state index in [0.717, 1.165) is 18.5 Å². The van der Waals surface area contributed by atoms with E-state index in [9.17, 15) is 14.7 Å². The number of rotatable bonds is 10. The molecule has 3 rings (SSSR count). The summed E-state index contributed by atoms with van der Waals surface area (Å²) in [7, 11) is 5.50. The summed E-state index contributed by atoms with van der Waals surface area (Å²) in [6, 6.07) is 13.4. The van der Waals surface area contributed by atoms with Gasteiger partial charge in [-0.1, -0.05) is 19.1 Å². The zero-order valence-electron chi connectivity index (χ0n) is 19.7.